The second-order valence-electron chi connectivity index (χ2n) is 5.61. The minimum Gasteiger partial charge on any atom is -0.331 e. The van der Waals surface area contributed by atoms with Gasteiger partial charge in [0, 0.05) is 6.04 Å². The van der Waals surface area contributed by atoms with E-state index >= 15 is 0 Å². The summed E-state index contributed by atoms with van der Waals surface area (Å²) in [5, 5.41) is 0.789. The van der Waals surface area contributed by atoms with E-state index in [-0.39, 0.29) is 0 Å². The van der Waals surface area contributed by atoms with Crippen LogP contribution in [0, 0.1) is 16.6 Å². The summed E-state index contributed by atoms with van der Waals surface area (Å²) in [7, 11) is 0. The van der Waals surface area contributed by atoms with E-state index < -0.39 is 0 Å². The van der Waals surface area contributed by atoms with Crippen LogP contribution >= 0.6 is 23.8 Å². The lowest BCUT2D eigenvalue weighted by Crippen LogP contribution is -2.15. The van der Waals surface area contributed by atoms with Crippen LogP contribution in [0.5, 0.6) is 0 Å². The molecule has 1 saturated carbocycles. The Kier molecular flexibility index (Phi) is 3.44. The molecular weight excluding hydrogens is 276 g/mol. The van der Waals surface area contributed by atoms with Gasteiger partial charge in [-0.25, -0.2) is 0 Å². The maximum atomic E-state index is 6.38. The highest BCUT2D eigenvalue weighted by Crippen LogP contribution is 2.43. The van der Waals surface area contributed by atoms with Crippen molar-refractivity contribution >= 4 is 34.9 Å². The topological polar surface area (TPSA) is 20.7 Å². The molecule has 0 amide bonds. The Morgan fingerprint density at radius 2 is 2.21 bits per heavy atom. The molecule has 3 rings (SSSR count). The maximum absolute atomic E-state index is 6.38. The van der Waals surface area contributed by atoms with E-state index in [4.69, 9.17) is 23.8 Å². The van der Waals surface area contributed by atoms with Crippen LogP contribution in [0.15, 0.2) is 18.2 Å². The summed E-state index contributed by atoms with van der Waals surface area (Å²) in [6.07, 6.45) is 3.74. The van der Waals surface area contributed by atoms with Gasteiger partial charge in [0.15, 0.2) is 4.77 Å². The van der Waals surface area contributed by atoms with Crippen molar-refractivity contribution in [2.75, 3.05) is 0 Å². The molecule has 1 aliphatic carbocycles. The predicted octanol–water partition coefficient (Wildman–Crippen LogP) is 5.35. The monoisotopic (exact) mass is 294 g/mol. The molecule has 0 saturated heterocycles. The van der Waals surface area contributed by atoms with Gasteiger partial charge in [-0.1, -0.05) is 37.9 Å². The van der Waals surface area contributed by atoms with E-state index in [1.54, 1.807) is 0 Å². The summed E-state index contributed by atoms with van der Waals surface area (Å²) in [5.41, 5.74) is 2.12. The zero-order chi connectivity index (χ0) is 13.6. The summed E-state index contributed by atoms with van der Waals surface area (Å²) in [6, 6.07) is 6.43. The van der Waals surface area contributed by atoms with E-state index in [0.29, 0.717) is 12.0 Å². The molecule has 2 nitrogen and oxygen atoms in total. The van der Waals surface area contributed by atoms with Gasteiger partial charge in [-0.2, -0.15) is 0 Å². The normalized spacial score (nSPS) is 27.2. The van der Waals surface area contributed by atoms with Crippen LogP contribution in [0.2, 0.25) is 5.02 Å². The van der Waals surface area contributed by atoms with Gasteiger partial charge in [0.25, 0.3) is 0 Å². The SMILES string of the molecule is CCC1CCC(n2c(=S)[nH]c3cccc(Cl)c32)C1C. The number of para-hydroxylation sites is 1. The molecule has 1 aromatic heterocycles. The van der Waals surface area contributed by atoms with Crippen LogP contribution in [0.25, 0.3) is 11.0 Å². The van der Waals surface area contributed by atoms with Gasteiger partial charge in [0.2, 0.25) is 0 Å². The Balaban J connectivity index is 2.16. The van der Waals surface area contributed by atoms with E-state index in [1.807, 2.05) is 18.2 Å². The molecule has 4 heteroatoms. The van der Waals surface area contributed by atoms with Crippen LogP contribution < -0.4 is 0 Å². The molecule has 0 spiro atoms. The van der Waals surface area contributed by atoms with E-state index in [2.05, 4.69) is 23.4 Å². The van der Waals surface area contributed by atoms with Crippen LogP contribution in [-0.2, 0) is 0 Å². The molecule has 1 heterocycles. The first-order valence-corrected chi connectivity index (χ1v) is 7.80. The lowest BCUT2D eigenvalue weighted by Gasteiger charge is -2.22. The molecule has 1 aliphatic rings. The minimum absolute atomic E-state index is 0.478. The fourth-order valence-electron chi connectivity index (χ4n) is 3.62. The van der Waals surface area contributed by atoms with Crippen molar-refractivity contribution in [2.45, 2.75) is 39.2 Å². The third-order valence-electron chi connectivity index (χ3n) is 4.73. The van der Waals surface area contributed by atoms with Gasteiger partial charge < -0.3 is 9.55 Å². The first kappa shape index (κ1) is 13.2. The smallest absolute Gasteiger partial charge is 0.178 e. The number of aromatic amines is 1. The molecule has 102 valence electrons. The number of fused-ring (bicyclic) bond motifs is 1. The van der Waals surface area contributed by atoms with Crippen molar-refractivity contribution in [3.05, 3.63) is 28.0 Å². The molecule has 3 unspecified atom stereocenters. The van der Waals surface area contributed by atoms with Crippen molar-refractivity contribution in [1.29, 1.82) is 0 Å². The van der Waals surface area contributed by atoms with Crippen molar-refractivity contribution in [3.8, 4) is 0 Å². The Hall–Kier alpha value is -0.800. The average molecular weight is 295 g/mol. The highest BCUT2D eigenvalue weighted by atomic mass is 35.5. The molecule has 19 heavy (non-hydrogen) atoms. The largest absolute Gasteiger partial charge is 0.331 e. The van der Waals surface area contributed by atoms with Crippen molar-refractivity contribution in [3.63, 3.8) is 0 Å². The number of benzene rings is 1. The van der Waals surface area contributed by atoms with E-state index in [0.717, 1.165) is 26.7 Å². The zero-order valence-electron chi connectivity index (χ0n) is 11.3. The summed E-state index contributed by atoms with van der Waals surface area (Å²) in [4.78, 5) is 3.29. The van der Waals surface area contributed by atoms with Crippen LogP contribution in [0.1, 0.15) is 39.2 Å². The number of nitrogens with one attached hydrogen (secondary N) is 1. The van der Waals surface area contributed by atoms with Crippen molar-refractivity contribution in [1.82, 2.24) is 9.55 Å². The van der Waals surface area contributed by atoms with Gasteiger partial charge in [0.05, 0.1) is 16.1 Å². The summed E-state index contributed by atoms with van der Waals surface area (Å²) in [6.45, 7) is 4.63. The zero-order valence-corrected chi connectivity index (χ0v) is 12.9. The standard InChI is InChI=1S/C15H19ClN2S/c1-3-10-7-8-13(9(10)2)18-14-11(16)5-4-6-12(14)17-15(18)19/h4-6,9-10,13H,3,7-8H2,1-2H3,(H,17,19). The third-order valence-corrected chi connectivity index (χ3v) is 5.33. The van der Waals surface area contributed by atoms with Gasteiger partial charge in [-0.3, -0.25) is 0 Å². The maximum Gasteiger partial charge on any atom is 0.178 e. The Labute approximate surface area is 123 Å². The molecule has 3 atom stereocenters. The number of rotatable bonds is 2. The predicted molar refractivity (Wildman–Crippen MR) is 83.3 cm³/mol. The average Bonchev–Trinajstić information content (AvgIpc) is 2.90. The fraction of sp³-hybridized carbons (Fsp3) is 0.533. The van der Waals surface area contributed by atoms with Crippen molar-refractivity contribution in [2.24, 2.45) is 11.8 Å². The van der Waals surface area contributed by atoms with Crippen LogP contribution in [-0.4, -0.2) is 9.55 Å². The summed E-state index contributed by atoms with van der Waals surface area (Å²) >= 11 is 11.9. The number of hydrogen-bond donors (Lipinski definition) is 1. The highest BCUT2D eigenvalue weighted by molar-refractivity contribution is 7.71. The van der Waals surface area contributed by atoms with E-state index in [1.165, 1.54) is 19.3 Å². The summed E-state index contributed by atoms with van der Waals surface area (Å²) in [5.74, 6) is 1.46. The number of H-pyrrole nitrogens is 1. The highest BCUT2D eigenvalue weighted by Gasteiger charge is 2.34. The summed E-state index contributed by atoms with van der Waals surface area (Å²) < 4.78 is 3.06. The Morgan fingerprint density at radius 1 is 1.42 bits per heavy atom. The molecule has 0 bridgehead atoms. The lowest BCUT2D eigenvalue weighted by atomic mass is 9.93. The third kappa shape index (κ3) is 2.03. The molecule has 0 aliphatic heterocycles. The number of hydrogen-bond acceptors (Lipinski definition) is 1. The number of nitrogens with zero attached hydrogens (tertiary/aromatic N) is 1. The molecule has 1 N–H and O–H groups in total. The second-order valence-corrected chi connectivity index (χ2v) is 6.40. The first-order valence-electron chi connectivity index (χ1n) is 7.02. The molecule has 0 radical (unpaired) electrons. The molecule has 1 fully saturated rings. The quantitative estimate of drug-likeness (QED) is 0.741. The lowest BCUT2D eigenvalue weighted by molar-refractivity contribution is 0.332. The van der Waals surface area contributed by atoms with Crippen LogP contribution in [0.3, 0.4) is 0 Å². The van der Waals surface area contributed by atoms with Gasteiger partial charge >= 0.3 is 0 Å². The number of aromatic nitrogens is 2. The van der Waals surface area contributed by atoms with Crippen molar-refractivity contribution < 1.29 is 0 Å². The first-order chi connectivity index (χ1) is 9.13. The Bertz CT molecular complexity index is 658. The molecular formula is C15H19ClN2S. The van der Waals surface area contributed by atoms with Gasteiger partial charge in [-0.05, 0) is 49.0 Å². The van der Waals surface area contributed by atoms with E-state index in [9.17, 15) is 0 Å². The number of imidazole rings is 1. The van der Waals surface area contributed by atoms with Gasteiger partial charge in [-0.15, -0.1) is 0 Å². The molecule has 1 aromatic carbocycles. The number of halogens is 1. The Morgan fingerprint density at radius 3 is 2.89 bits per heavy atom. The second kappa shape index (κ2) is 4.95. The van der Waals surface area contributed by atoms with Crippen LogP contribution in [0.4, 0.5) is 0 Å². The molecule has 2 aromatic rings. The fourth-order valence-corrected chi connectivity index (χ4v) is 4.22. The minimum atomic E-state index is 0.478. The van der Waals surface area contributed by atoms with Gasteiger partial charge in [0.1, 0.15) is 0 Å².